The zero-order valence-corrected chi connectivity index (χ0v) is 8.82. The third kappa shape index (κ3) is 1.25. The molecule has 0 atom stereocenters. The van der Waals surface area contributed by atoms with Crippen LogP contribution >= 0.6 is 31.9 Å². The first-order chi connectivity index (χ1) is 7.43. The number of hydrogen-bond donors (Lipinski definition) is 0. The molecule has 2 aromatic rings. The molecule has 0 spiro atoms. The Kier molecular flexibility index (Phi) is 1.21. The smallest absolute Gasteiger partial charge is 0.104 e. The predicted molar refractivity (Wildman–Crippen MR) is 54.9 cm³/mol. The van der Waals surface area contributed by atoms with E-state index in [1.807, 2.05) is 0 Å². The highest BCUT2D eigenvalue weighted by molar-refractivity contribution is 9.13. The molecule has 60 valence electrons. The summed E-state index contributed by atoms with van der Waals surface area (Å²) in [7, 11) is 0. The van der Waals surface area contributed by atoms with E-state index in [4.69, 9.17) is 5.48 Å². The fourth-order valence-electron chi connectivity index (χ4n) is 0.781. The summed E-state index contributed by atoms with van der Waals surface area (Å²) in [5, 5.41) is 0. The van der Waals surface area contributed by atoms with Gasteiger partial charge < -0.3 is 0 Å². The van der Waals surface area contributed by atoms with E-state index >= 15 is 0 Å². The maximum Gasteiger partial charge on any atom is 0.104 e. The van der Waals surface area contributed by atoms with Gasteiger partial charge in [-0.2, -0.15) is 0 Å². The van der Waals surface area contributed by atoms with E-state index in [0.717, 1.165) is 0 Å². The van der Waals surface area contributed by atoms with Crippen molar-refractivity contribution in [2.45, 2.75) is 0 Å². The Morgan fingerprint density at radius 2 is 1.92 bits per heavy atom. The number of nitrogens with zero attached hydrogens (tertiary/aromatic N) is 2. The van der Waals surface area contributed by atoms with E-state index in [0.29, 0.717) is 14.5 Å². The van der Waals surface area contributed by atoms with Crippen molar-refractivity contribution in [1.29, 1.82) is 0 Å². The van der Waals surface area contributed by atoms with Crippen molar-refractivity contribution in [3.63, 3.8) is 0 Å². The molecule has 12 heavy (non-hydrogen) atoms. The van der Waals surface area contributed by atoms with Crippen LogP contribution in [-0.4, -0.2) is 9.97 Å². The molecule has 0 amide bonds. The molecule has 0 bridgehead atoms. The Morgan fingerprint density at radius 3 is 2.75 bits per heavy atom. The first-order valence-corrected chi connectivity index (χ1v) is 4.61. The molecule has 1 heterocycles. The van der Waals surface area contributed by atoms with E-state index in [2.05, 4.69) is 41.8 Å². The molecule has 0 unspecified atom stereocenters. The Balaban J connectivity index is 3.02. The average Bonchev–Trinajstić information content (AvgIpc) is 2.26. The van der Waals surface area contributed by atoms with Crippen LogP contribution in [0.15, 0.2) is 33.4 Å². The van der Waals surface area contributed by atoms with Crippen LogP contribution in [-0.2, 0) is 0 Å². The van der Waals surface area contributed by atoms with Gasteiger partial charge in [0.1, 0.15) is 5.52 Å². The second-order valence-electron chi connectivity index (χ2n) is 2.02. The summed E-state index contributed by atoms with van der Waals surface area (Å²) in [6.07, 6.45) is -0.549. The lowest BCUT2D eigenvalue weighted by molar-refractivity contribution is 1.28. The van der Waals surface area contributed by atoms with E-state index in [1.54, 1.807) is 0 Å². The van der Waals surface area contributed by atoms with Gasteiger partial charge >= 0.3 is 0 Å². The fourth-order valence-corrected chi connectivity index (χ4v) is 1.44. The van der Waals surface area contributed by atoms with Crippen LogP contribution in [0.5, 0.6) is 0 Å². The summed E-state index contributed by atoms with van der Waals surface area (Å²) in [5.74, 6) is 0. The van der Waals surface area contributed by atoms with Gasteiger partial charge in [0, 0.05) is 16.8 Å². The molecular weight excluding hydrogens is 284 g/mol. The summed E-state index contributed by atoms with van der Waals surface area (Å²) in [6.45, 7) is 0. The molecule has 1 aromatic carbocycles. The van der Waals surface area contributed by atoms with E-state index in [9.17, 15) is 0 Å². The third-order valence-electron chi connectivity index (χ3n) is 1.30. The highest BCUT2D eigenvalue weighted by Gasteiger charge is 2.02. The normalized spacial score (nSPS) is 15.2. The Morgan fingerprint density at radius 1 is 1.17 bits per heavy atom. The number of rotatable bonds is 0. The molecule has 0 saturated carbocycles. The fraction of sp³-hybridized carbons (Fsp3) is 0. The Hall–Kier alpha value is -0.480. The van der Waals surface area contributed by atoms with Crippen LogP contribution in [0.2, 0.25) is 0 Å². The van der Waals surface area contributed by atoms with E-state index < -0.39 is 0 Å². The first kappa shape index (κ1) is 4.67. The van der Waals surface area contributed by atoms with Crippen LogP contribution in [0, 0.1) is 0 Å². The van der Waals surface area contributed by atoms with E-state index in [1.165, 1.54) is 0 Å². The zero-order chi connectivity index (χ0) is 12.0. The molecule has 0 saturated heterocycles. The summed E-state index contributed by atoms with van der Waals surface area (Å²) in [5.41, 5.74) is 0.468. The molecule has 0 fully saturated rings. The first-order valence-electron chi connectivity index (χ1n) is 5.02. The standard InChI is InChI=1S/C8H4Br2N2/c9-5-1-2-6-8(7(5)10)12-4-3-11-6/h1-4H/i1D,2D,3D,4D. The van der Waals surface area contributed by atoms with Gasteiger partial charge in [0.25, 0.3) is 0 Å². The molecule has 1 aromatic heterocycles. The van der Waals surface area contributed by atoms with Crippen molar-refractivity contribution < 1.29 is 5.48 Å². The SMILES string of the molecule is [2H]c1nc2c([2H])c([2H])c(Br)c(Br)c2nc1[2H]. The van der Waals surface area contributed by atoms with Crippen LogP contribution in [0.1, 0.15) is 5.48 Å². The minimum atomic E-state index is -0.297. The van der Waals surface area contributed by atoms with Crippen LogP contribution in [0.25, 0.3) is 11.0 Å². The zero-order valence-electron chi connectivity index (χ0n) is 9.65. The summed E-state index contributed by atoms with van der Waals surface area (Å²) >= 11 is 6.39. The van der Waals surface area contributed by atoms with Crippen molar-refractivity contribution in [3.05, 3.63) is 33.4 Å². The van der Waals surface area contributed by atoms with Crippen molar-refractivity contribution in [2.75, 3.05) is 0 Å². The molecular formula is C8H4Br2N2. The molecule has 2 nitrogen and oxygen atoms in total. The Labute approximate surface area is 91.9 Å². The largest absolute Gasteiger partial charge is 0.253 e. The van der Waals surface area contributed by atoms with Crippen LogP contribution < -0.4 is 0 Å². The summed E-state index contributed by atoms with van der Waals surface area (Å²) in [4.78, 5) is 7.67. The monoisotopic (exact) mass is 290 g/mol. The number of fused-ring (bicyclic) bond motifs is 1. The van der Waals surface area contributed by atoms with Gasteiger partial charge in [-0.15, -0.1) is 0 Å². The minimum Gasteiger partial charge on any atom is -0.253 e. The predicted octanol–water partition coefficient (Wildman–Crippen LogP) is 3.15. The second kappa shape index (κ2) is 3.11. The van der Waals surface area contributed by atoms with Crippen molar-refractivity contribution in [3.8, 4) is 0 Å². The maximum atomic E-state index is 7.71. The summed E-state index contributed by atoms with van der Waals surface area (Å²) < 4.78 is 31.0. The molecule has 2 rings (SSSR count). The van der Waals surface area contributed by atoms with Gasteiger partial charge in [-0.05, 0) is 43.9 Å². The summed E-state index contributed by atoms with van der Waals surface area (Å²) in [6, 6.07) is -0.128. The highest BCUT2D eigenvalue weighted by Crippen LogP contribution is 2.28. The molecule has 0 N–H and O–H groups in total. The lowest BCUT2D eigenvalue weighted by atomic mass is 10.3. The highest BCUT2D eigenvalue weighted by atomic mass is 79.9. The topological polar surface area (TPSA) is 25.8 Å². The van der Waals surface area contributed by atoms with Gasteiger partial charge in [-0.1, -0.05) is 0 Å². The number of hydrogen-bond acceptors (Lipinski definition) is 2. The average molecular weight is 292 g/mol. The number of halogens is 2. The molecule has 0 radical (unpaired) electrons. The van der Waals surface area contributed by atoms with E-state index in [-0.39, 0.29) is 29.9 Å². The van der Waals surface area contributed by atoms with Crippen molar-refractivity contribution in [1.82, 2.24) is 9.97 Å². The Bertz CT molecular complexity index is 550. The van der Waals surface area contributed by atoms with Gasteiger partial charge in [-0.25, -0.2) is 0 Å². The lowest BCUT2D eigenvalue weighted by Gasteiger charge is -1.99. The molecule has 0 aliphatic rings. The quantitative estimate of drug-likeness (QED) is 0.745. The van der Waals surface area contributed by atoms with Crippen LogP contribution in [0.4, 0.5) is 0 Å². The molecule has 0 aliphatic heterocycles. The molecule has 0 aliphatic carbocycles. The number of benzene rings is 1. The molecule has 4 heteroatoms. The second-order valence-corrected chi connectivity index (χ2v) is 3.61. The lowest BCUT2D eigenvalue weighted by Crippen LogP contribution is -1.83. The van der Waals surface area contributed by atoms with Crippen molar-refractivity contribution in [2.24, 2.45) is 0 Å². The van der Waals surface area contributed by atoms with Crippen LogP contribution in [0.3, 0.4) is 0 Å². The van der Waals surface area contributed by atoms with Gasteiger partial charge in [0.15, 0.2) is 0 Å². The van der Waals surface area contributed by atoms with Gasteiger partial charge in [0.05, 0.1) is 15.5 Å². The van der Waals surface area contributed by atoms with Gasteiger partial charge in [-0.3, -0.25) is 9.97 Å². The number of aromatic nitrogens is 2. The maximum absolute atomic E-state index is 7.71. The minimum absolute atomic E-state index is 0.0224. The third-order valence-corrected chi connectivity index (χ3v) is 3.20. The van der Waals surface area contributed by atoms with Gasteiger partial charge in [0.2, 0.25) is 0 Å². The van der Waals surface area contributed by atoms with Crippen molar-refractivity contribution >= 4 is 42.9 Å².